The minimum absolute atomic E-state index is 0.0921. The number of hydrogen-bond acceptors (Lipinski definition) is 3. The van der Waals surface area contributed by atoms with E-state index in [-0.39, 0.29) is 11.8 Å². The van der Waals surface area contributed by atoms with Gasteiger partial charge in [-0.05, 0) is 47.5 Å². The first-order chi connectivity index (χ1) is 10.1. The Morgan fingerprint density at radius 1 is 1.05 bits per heavy atom. The molecule has 0 aliphatic heterocycles. The first-order valence-electron chi connectivity index (χ1n) is 6.23. The lowest BCUT2D eigenvalue weighted by Gasteiger charge is -2.06. The van der Waals surface area contributed by atoms with Gasteiger partial charge in [0.25, 0.3) is 0 Å². The van der Waals surface area contributed by atoms with Crippen LogP contribution in [0.15, 0.2) is 58.7 Å². The van der Waals surface area contributed by atoms with Gasteiger partial charge in [0.15, 0.2) is 0 Å². The fourth-order valence-electron chi connectivity index (χ4n) is 1.56. The number of nitrogens with zero attached hydrogens (tertiary/aromatic N) is 2. The first kappa shape index (κ1) is 14.5. The Morgan fingerprint density at radius 2 is 1.71 bits per heavy atom. The summed E-state index contributed by atoms with van der Waals surface area (Å²) in [7, 11) is 0. The minimum Gasteiger partial charge on any atom is -0.489 e. The maximum absolute atomic E-state index is 12.8. The molecule has 0 saturated carbocycles. The van der Waals surface area contributed by atoms with Crippen molar-refractivity contribution in [1.29, 1.82) is 0 Å². The number of hydrogen-bond donors (Lipinski definition) is 2. The van der Waals surface area contributed by atoms with Crippen molar-refractivity contribution in [1.82, 2.24) is 0 Å². The van der Waals surface area contributed by atoms with Crippen LogP contribution in [0, 0.1) is 5.82 Å². The number of halogens is 1. The van der Waals surface area contributed by atoms with Gasteiger partial charge in [0.1, 0.15) is 18.2 Å². The summed E-state index contributed by atoms with van der Waals surface area (Å²) in [6, 6.07) is 13.4. The molecule has 0 unspecified atom stereocenters. The van der Waals surface area contributed by atoms with Crippen molar-refractivity contribution in [2.75, 3.05) is 0 Å². The van der Waals surface area contributed by atoms with Crippen molar-refractivity contribution >= 4 is 12.2 Å². The number of benzene rings is 2. The predicted octanol–water partition coefficient (Wildman–Crippen LogP) is 2.01. The topological polar surface area (TPSA) is 86.0 Å². The van der Waals surface area contributed by atoms with Crippen LogP contribution in [0.3, 0.4) is 0 Å². The second-order valence-electron chi connectivity index (χ2n) is 4.25. The lowest BCUT2D eigenvalue weighted by Crippen LogP contribution is -2.21. The van der Waals surface area contributed by atoms with Gasteiger partial charge in [0, 0.05) is 0 Å². The molecule has 0 aliphatic rings. The maximum atomic E-state index is 12.8. The third-order valence-corrected chi connectivity index (χ3v) is 2.58. The minimum atomic E-state index is -0.261. The molecule has 4 N–H and O–H groups in total. The zero-order valence-electron chi connectivity index (χ0n) is 11.2. The Labute approximate surface area is 121 Å². The van der Waals surface area contributed by atoms with Crippen LogP contribution in [-0.2, 0) is 6.61 Å². The van der Waals surface area contributed by atoms with E-state index in [4.69, 9.17) is 16.2 Å². The van der Waals surface area contributed by atoms with E-state index >= 15 is 0 Å². The Hall–Kier alpha value is -2.89. The third-order valence-electron chi connectivity index (χ3n) is 2.58. The quantitative estimate of drug-likeness (QED) is 0.501. The maximum Gasteiger partial charge on any atom is 0.211 e. The van der Waals surface area contributed by atoms with Crippen LogP contribution in [0.1, 0.15) is 11.1 Å². The molecule has 0 heterocycles. The van der Waals surface area contributed by atoms with Crippen molar-refractivity contribution in [2.24, 2.45) is 21.7 Å². The summed E-state index contributed by atoms with van der Waals surface area (Å²) >= 11 is 0. The second kappa shape index (κ2) is 7.04. The highest BCUT2D eigenvalue weighted by molar-refractivity contribution is 5.81. The smallest absolute Gasteiger partial charge is 0.211 e. The van der Waals surface area contributed by atoms with Gasteiger partial charge in [0.2, 0.25) is 5.96 Å². The van der Waals surface area contributed by atoms with Gasteiger partial charge in [-0.25, -0.2) is 4.39 Å². The molecule has 2 rings (SSSR count). The molecule has 108 valence electrons. The molecular formula is C15H15FN4O. The van der Waals surface area contributed by atoms with E-state index in [9.17, 15) is 4.39 Å². The van der Waals surface area contributed by atoms with Crippen molar-refractivity contribution in [3.63, 3.8) is 0 Å². The molecule has 0 saturated heterocycles. The summed E-state index contributed by atoms with van der Waals surface area (Å²) in [5.74, 6) is 0.354. The highest BCUT2D eigenvalue weighted by Gasteiger charge is 1.97. The van der Waals surface area contributed by atoms with Crippen LogP contribution < -0.4 is 16.2 Å². The predicted molar refractivity (Wildman–Crippen MR) is 80.6 cm³/mol. The van der Waals surface area contributed by atoms with Crippen molar-refractivity contribution in [2.45, 2.75) is 6.61 Å². The average Bonchev–Trinajstić information content (AvgIpc) is 2.48. The molecule has 2 aromatic carbocycles. The molecule has 5 nitrogen and oxygen atoms in total. The normalized spacial score (nSPS) is 10.5. The molecule has 0 amide bonds. The standard InChI is InChI=1S/C15H15FN4O/c16-13-5-1-12(2-6-13)10-21-14-7-3-11(4-8-14)9-19-20-15(17)18/h1-9H,10H2,(H4,17,18,20). The molecule has 6 heteroatoms. The van der Waals surface area contributed by atoms with Gasteiger partial charge in [-0.1, -0.05) is 12.1 Å². The molecule has 0 aliphatic carbocycles. The number of rotatable bonds is 5. The fourth-order valence-corrected chi connectivity index (χ4v) is 1.56. The lowest BCUT2D eigenvalue weighted by molar-refractivity contribution is 0.306. The van der Waals surface area contributed by atoms with E-state index in [1.54, 1.807) is 24.3 Å². The lowest BCUT2D eigenvalue weighted by atomic mass is 10.2. The van der Waals surface area contributed by atoms with E-state index < -0.39 is 0 Å². The molecule has 2 aromatic rings. The van der Waals surface area contributed by atoms with Gasteiger partial charge >= 0.3 is 0 Å². The van der Waals surface area contributed by atoms with Gasteiger partial charge < -0.3 is 16.2 Å². The number of guanidine groups is 1. The first-order valence-corrected chi connectivity index (χ1v) is 6.23. The van der Waals surface area contributed by atoms with Crippen LogP contribution in [-0.4, -0.2) is 12.2 Å². The van der Waals surface area contributed by atoms with Crippen LogP contribution in [0.25, 0.3) is 0 Å². The molecule has 21 heavy (non-hydrogen) atoms. The molecule has 0 radical (unpaired) electrons. The van der Waals surface area contributed by atoms with Crippen molar-refractivity contribution < 1.29 is 9.13 Å². The SMILES string of the molecule is NC(N)=NN=Cc1ccc(OCc2ccc(F)cc2)cc1. The van der Waals surface area contributed by atoms with Gasteiger partial charge in [-0.3, -0.25) is 0 Å². The van der Waals surface area contributed by atoms with E-state index in [2.05, 4.69) is 10.2 Å². The van der Waals surface area contributed by atoms with E-state index in [1.807, 2.05) is 12.1 Å². The Kier molecular flexibility index (Phi) is 4.87. The third kappa shape index (κ3) is 4.94. The Balaban J connectivity index is 1.91. The highest BCUT2D eigenvalue weighted by Crippen LogP contribution is 2.13. The van der Waals surface area contributed by atoms with Crippen LogP contribution in [0.5, 0.6) is 5.75 Å². The highest BCUT2D eigenvalue weighted by atomic mass is 19.1. The molecule has 0 aromatic heterocycles. The Morgan fingerprint density at radius 3 is 2.33 bits per heavy atom. The number of nitrogens with two attached hydrogens (primary N) is 2. The summed E-state index contributed by atoms with van der Waals surface area (Å²) in [6.45, 7) is 0.377. The van der Waals surface area contributed by atoms with Gasteiger partial charge in [-0.15, -0.1) is 5.10 Å². The van der Waals surface area contributed by atoms with Gasteiger partial charge in [-0.2, -0.15) is 5.10 Å². The van der Waals surface area contributed by atoms with Crippen molar-refractivity contribution in [3.05, 3.63) is 65.5 Å². The molecule has 0 fully saturated rings. The van der Waals surface area contributed by atoms with E-state index in [1.165, 1.54) is 18.3 Å². The van der Waals surface area contributed by atoms with Crippen LogP contribution >= 0.6 is 0 Å². The van der Waals surface area contributed by atoms with E-state index in [0.717, 1.165) is 11.1 Å². The summed E-state index contributed by atoms with van der Waals surface area (Å²) in [5, 5.41) is 7.21. The monoisotopic (exact) mass is 286 g/mol. The van der Waals surface area contributed by atoms with Crippen molar-refractivity contribution in [3.8, 4) is 5.75 Å². The van der Waals surface area contributed by atoms with Gasteiger partial charge in [0.05, 0.1) is 6.21 Å². The molecule has 0 atom stereocenters. The summed E-state index contributed by atoms with van der Waals surface area (Å²) in [4.78, 5) is 0. The molecule has 0 bridgehead atoms. The molecule has 0 spiro atoms. The summed E-state index contributed by atoms with van der Waals surface area (Å²) < 4.78 is 18.4. The van der Waals surface area contributed by atoms with Crippen LogP contribution in [0.4, 0.5) is 4.39 Å². The Bertz CT molecular complexity index is 632. The summed E-state index contributed by atoms with van der Waals surface area (Å²) in [6.07, 6.45) is 1.53. The fraction of sp³-hybridized carbons (Fsp3) is 0.0667. The van der Waals surface area contributed by atoms with E-state index in [0.29, 0.717) is 12.4 Å². The molecular weight excluding hydrogens is 271 g/mol. The second-order valence-corrected chi connectivity index (χ2v) is 4.25. The van der Waals surface area contributed by atoms with Crippen LogP contribution in [0.2, 0.25) is 0 Å². The number of ether oxygens (including phenoxy) is 1. The summed E-state index contributed by atoms with van der Waals surface area (Å²) in [5.41, 5.74) is 12.1. The zero-order valence-corrected chi connectivity index (χ0v) is 11.2. The largest absolute Gasteiger partial charge is 0.489 e. The average molecular weight is 286 g/mol. The zero-order chi connectivity index (χ0) is 15.1.